The first-order valence-electron chi connectivity index (χ1n) is 6.67. The summed E-state index contributed by atoms with van der Waals surface area (Å²) < 4.78 is 5.26. The minimum Gasteiger partial charge on any atom is -0.375 e. The van der Waals surface area contributed by atoms with E-state index in [4.69, 9.17) is 4.74 Å². The average Bonchev–Trinajstić information content (AvgIpc) is 2.85. The lowest BCUT2D eigenvalue weighted by atomic mass is 9.93. The quantitative estimate of drug-likeness (QED) is 0.641. The van der Waals surface area contributed by atoms with Gasteiger partial charge in [-0.2, -0.15) is 0 Å². The van der Waals surface area contributed by atoms with Crippen LogP contribution >= 0.6 is 11.3 Å². The van der Waals surface area contributed by atoms with Gasteiger partial charge in [0.2, 0.25) is 0 Å². The lowest BCUT2D eigenvalue weighted by Crippen LogP contribution is -2.46. The molecular weight excluding hydrogens is 260 g/mol. The predicted octanol–water partition coefficient (Wildman–Crippen LogP) is 2.07. The minimum absolute atomic E-state index is 0.0613. The third-order valence-electron chi connectivity index (χ3n) is 3.38. The van der Waals surface area contributed by atoms with Gasteiger partial charge in [0.1, 0.15) is 11.1 Å². The van der Waals surface area contributed by atoms with Gasteiger partial charge in [0.05, 0.1) is 12.2 Å². The molecule has 0 saturated heterocycles. The highest BCUT2D eigenvalue weighted by Gasteiger charge is 2.18. The number of methoxy groups -OCH3 is 1. The fourth-order valence-electron chi connectivity index (χ4n) is 1.81. The third-order valence-corrected chi connectivity index (χ3v) is 4.43. The number of nitrogens with one attached hydrogen (secondary N) is 2. The van der Waals surface area contributed by atoms with Gasteiger partial charge in [0.15, 0.2) is 5.96 Å². The summed E-state index contributed by atoms with van der Waals surface area (Å²) in [6.07, 6.45) is 3.87. The standard InChI is InChI=1S/C13H22N4OS/c1-9(18-3)12-16-11(8-19-12)7-15-13(14-2)17-10-5-4-6-10/h8-10H,4-7H2,1-3H3,(H2,14,15,17). The van der Waals surface area contributed by atoms with E-state index in [1.807, 2.05) is 6.92 Å². The van der Waals surface area contributed by atoms with Crippen molar-refractivity contribution in [3.05, 3.63) is 16.1 Å². The lowest BCUT2D eigenvalue weighted by molar-refractivity contribution is 0.119. The van der Waals surface area contributed by atoms with E-state index in [9.17, 15) is 0 Å². The summed E-state index contributed by atoms with van der Waals surface area (Å²) in [6.45, 7) is 2.70. The number of hydrogen-bond acceptors (Lipinski definition) is 4. The number of hydrogen-bond donors (Lipinski definition) is 2. The highest BCUT2D eigenvalue weighted by atomic mass is 32.1. The van der Waals surface area contributed by atoms with Crippen molar-refractivity contribution in [3.8, 4) is 0 Å². The van der Waals surface area contributed by atoms with Crippen molar-refractivity contribution < 1.29 is 4.74 Å². The molecule has 0 spiro atoms. The van der Waals surface area contributed by atoms with E-state index in [1.165, 1.54) is 19.3 Å². The summed E-state index contributed by atoms with van der Waals surface area (Å²) in [5, 5.41) is 9.78. The molecule has 19 heavy (non-hydrogen) atoms. The van der Waals surface area contributed by atoms with Gasteiger partial charge in [-0.15, -0.1) is 11.3 Å². The number of ether oxygens (including phenoxy) is 1. The van der Waals surface area contributed by atoms with E-state index in [-0.39, 0.29) is 6.10 Å². The fourth-order valence-corrected chi connectivity index (χ4v) is 2.66. The molecule has 1 aliphatic rings. The van der Waals surface area contributed by atoms with Gasteiger partial charge >= 0.3 is 0 Å². The SMILES string of the molecule is CN=C(NCc1csc(C(C)OC)n1)NC1CCC1. The summed E-state index contributed by atoms with van der Waals surface area (Å²) in [5.74, 6) is 0.860. The monoisotopic (exact) mass is 282 g/mol. The Morgan fingerprint density at radius 1 is 1.63 bits per heavy atom. The molecule has 1 aromatic rings. The van der Waals surface area contributed by atoms with Crippen molar-refractivity contribution in [2.75, 3.05) is 14.2 Å². The Kier molecular flexibility index (Phi) is 5.15. The number of guanidine groups is 1. The van der Waals surface area contributed by atoms with Crippen LogP contribution in [0.3, 0.4) is 0 Å². The van der Waals surface area contributed by atoms with Crippen LogP contribution < -0.4 is 10.6 Å². The van der Waals surface area contributed by atoms with Crippen molar-refractivity contribution in [2.24, 2.45) is 4.99 Å². The molecule has 106 valence electrons. The number of aliphatic imine (C=N–C) groups is 1. The van der Waals surface area contributed by atoms with Crippen molar-refractivity contribution in [3.63, 3.8) is 0 Å². The Balaban J connectivity index is 1.81. The van der Waals surface area contributed by atoms with Crippen LogP contribution in [-0.2, 0) is 11.3 Å². The summed E-state index contributed by atoms with van der Waals surface area (Å²) in [7, 11) is 3.50. The average molecular weight is 282 g/mol. The molecule has 1 aliphatic carbocycles. The van der Waals surface area contributed by atoms with Crippen LogP contribution in [0.5, 0.6) is 0 Å². The van der Waals surface area contributed by atoms with Crippen LogP contribution in [0, 0.1) is 0 Å². The zero-order chi connectivity index (χ0) is 13.7. The van der Waals surface area contributed by atoms with Gasteiger partial charge in [-0.3, -0.25) is 4.99 Å². The maximum atomic E-state index is 5.26. The van der Waals surface area contributed by atoms with E-state index in [0.29, 0.717) is 12.6 Å². The van der Waals surface area contributed by atoms with Crippen molar-refractivity contribution in [1.29, 1.82) is 0 Å². The second kappa shape index (κ2) is 6.86. The van der Waals surface area contributed by atoms with Crippen LogP contribution in [0.2, 0.25) is 0 Å². The molecule has 1 saturated carbocycles. The molecule has 0 radical (unpaired) electrons. The molecule has 2 rings (SSSR count). The first-order chi connectivity index (χ1) is 9.22. The zero-order valence-electron chi connectivity index (χ0n) is 11.8. The minimum atomic E-state index is 0.0613. The third kappa shape index (κ3) is 3.91. The smallest absolute Gasteiger partial charge is 0.191 e. The fraction of sp³-hybridized carbons (Fsp3) is 0.692. The van der Waals surface area contributed by atoms with Gasteiger partial charge < -0.3 is 15.4 Å². The topological polar surface area (TPSA) is 58.5 Å². The molecule has 1 atom stereocenters. The maximum absolute atomic E-state index is 5.26. The van der Waals surface area contributed by atoms with Crippen LogP contribution in [0.15, 0.2) is 10.4 Å². The second-order valence-electron chi connectivity index (χ2n) is 4.75. The Labute approximate surface area is 118 Å². The Morgan fingerprint density at radius 3 is 3.00 bits per heavy atom. The molecular formula is C13H22N4OS. The number of rotatable bonds is 5. The van der Waals surface area contributed by atoms with Crippen LogP contribution in [0.1, 0.15) is 43.0 Å². The lowest BCUT2D eigenvalue weighted by Gasteiger charge is -2.28. The number of thiazole rings is 1. The van der Waals surface area contributed by atoms with Gasteiger partial charge in [-0.1, -0.05) is 0 Å². The van der Waals surface area contributed by atoms with E-state index in [0.717, 1.165) is 16.7 Å². The Morgan fingerprint density at radius 2 is 2.42 bits per heavy atom. The maximum Gasteiger partial charge on any atom is 0.191 e. The number of nitrogens with zero attached hydrogens (tertiary/aromatic N) is 2. The second-order valence-corrected chi connectivity index (χ2v) is 5.64. The van der Waals surface area contributed by atoms with Crippen molar-refractivity contribution in [2.45, 2.75) is 44.9 Å². The molecule has 1 unspecified atom stereocenters. The van der Waals surface area contributed by atoms with Crippen LogP contribution in [-0.4, -0.2) is 31.1 Å². The Bertz CT molecular complexity index is 428. The first kappa shape index (κ1) is 14.3. The summed E-state index contributed by atoms with van der Waals surface area (Å²) in [5.41, 5.74) is 1.03. The largest absolute Gasteiger partial charge is 0.375 e. The van der Waals surface area contributed by atoms with Gasteiger partial charge in [-0.25, -0.2) is 4.98 Å². The van der Waals surface area contributed by atoms with E-state index < -0.39 is 0 Å². The van der Waals surface area contributed by atoms with E-state index in [2.05, 4.69) is 26.0 Å². The molecule has 1 aromatic heterocycles. The van der Waals surface area contributed by atoms with Gasteiger partial charge in [0, 0.05) is 25.6 Å². The molecule has 2 N–H and O–H groups in total. The summed E-state index contributed by atoms with van der Waals surface area (Å²) in [4.78, 5) is 8.78. The summed E-state index contributed by atoms with van der Waals surface area (Å²) in [6, 6.07) is 0.589. The molecule has 5 nitrogen and oxygen atoms in total. The van der Waals surface area contributed by atoms with E-state index in [1.54, 1.807) is 25.5 Å². The molecule has 0 aliphatic heterocycles. The molecule has 1 heterocycles. The number of aromatic nitrogens is 1. The van der Waals surface area contributed by atoms with Crippen molar-refractivity contribution >= 4 is 17.3 Å². The normalized spacial score (nSPS) is 17.9. The Hall–Kier alpha value is -1.14. The molecule has 0 amide bonds. The predicted molar refractivity (Wildman–Crippen MR) is 78.5 cm³/mol. The molecule has 0 aromatic carbocycles. The molecule has 0 bridgehead atoms. The first-order valence-corrected chi connectivity index (χ1v) is 7.55. The van der Waals surface area contributed by atoms with Gasteiger partial charge in [0.25, 0.3) is 0 Å². The highest BCUT2D eigenvalue weighted by molar-refractivity contribution is 7.09. The molecule has 1 fully saturated rings. The van der Waals surface area contributed by atoms with Crippen molar-refractivity contribution in [1.82, 2.24) is 15.6 Å². The highest BCUT2D eigenvalue weighted by Crippen LogP contribution is 2.20. The van der Waals surface area contributed by atoms with Crippen LogP contribution in [0.4, 0.5) is 0 Å². The zero-order valence-corrected chi connectivity index (χ0v) is 12.6. The van der Waals surface area contributed by atoms with E-state index >= 15 is 0 Å². The van der Waals surface area contributed by atoms with Gasteiger partial charge in [-0.05, 0) is 26.2 Å². The van der Waals surface area contributed by atoms with Crippen LogP contribution in [0.25, 0.3) is 0 Å². The molecule has 6 heteroatoms. The summed E-state index contributed by atoms with van der Waals surface area (Å²) >= 11 is 1.63.